The Balaban J connectivity index is 3.22. The van der Waals surface area contributed by atoms with E-state index in [1.165, 1.54) is 24.3 Å². The molecule has 0 heterocycles. The highest BCUT2D eigenvalue weighted by Crippen LogP contribution is 2.28. The number of hydrogen-bond donors (Lipinski definition) is 0. The summed E-state index contributed by atoms with van der Waals surface area (Å²) in [6.07, 6.45) is 1.60. The second kappa shape index (κ2) is 5.44. The lowest BCUT2D eigenvalue weighted by atomic mass is 10.2. The highest BCUT2D eigenvalue weighted by atomic mass is 35.5. The van der Waals surface area contributed by atoms with E-state index < -0.39 is 6.17 Å². The Kier molecular flexibility index (Phi) is 4.22. The predicted octanol–water partition coefficient (Wildman–Crippen LogP) is 2.66. The van der Waals surface area contributed by atoms with E-state index in [1.54, 1.807) is 6.07 Å². The zero-order valence-electron chi connectivity index (χ0n) is 7.28. The van der Waals surface area contributed by atoms with Gasteiger partial charge in [0.05, 0.1) is 0 Å². The second-order valence-corrected chi connectivity index (χ2v) is 3.32. The summed E-state index contributed by atoms with van der Waals surface area (Å²) in [5.41, 5.74) is 0.396. The highest BCUT2D eigenvalue weighted by Gasteiger charge is 2.12. The smallest absolute Gasteiger partial charge is 0.211 e. The molecule has 0 fully saturated rings. The normalized spacial score (nSPS) is 11.1. The summed E-state index contributed by atoms with van der Waals surface area (Å²) in [4.78, 5) is 26.8. The monoisotopic (exact) mass is 242 g/mol. The van der Waals surface area contributed by atoms with E-state index in [9.17, 15) is 9.59 Å². The molecule has 0 radical (unpaired) electrons. The number of rotatable bonds is 3. The lowest BCUT2D eigenvalue weighted by molar-refractivity contribution is 0.552. The fraction of sp³-hybridized carbons (Fsp3) is 0.111. The first kappa shape index (κ1) is 11.6. The molecule has 0 saturated carbocycles. The molecule has 0 aromatic heterocycles. The molecule has 0 saturated heterocycles. The Hall–Kier alpha value is -1.44. The van der Waals surface area contributed by atoms with Gasteiger partial charge in [-0.3, -0.25) is 0 Å². The first-order valence-electron chi connectivity index (χ1n) is 3.78. The van der Waals surface area contributed by atoms with Crippen molar-refractivity contribution in [1.82, 2.24) is 0 Å². The van der Waals surface area contributed by atoms with E-state index in [0.717, 1.165) is 0 Å². The molecule has 1 aromatic carbocycles. The van der Waals surface area contributed by atoms with E-state index in [1.807, 2.05) is 0 Å². The average molecular weight is 243 g/mol. The van der Waals surface area contributed by atoms with Crippen LogP contribution in [0.2, 0.25) is 10.0 Å². The van der Waals surface area contributed by atoms with Crippen LogP contribution in [0.1, 0.15) is 11.7 Å². The van der Waals surface area contributed by atoms with Gasteiger partial charge in [0.15, 0.2) is 6.17 Å². The van der Waals surface area contributed by atoms with Crippen molar-refractivity contribution >= 4 is 35.4 Å². The fourth-order valence-corrected chi connectivity index (χ4v) is 1.48. The molecule has 0 spiro atoms. The van der Waals surface area contributed by atoms with E-state index in [2.05, 4.69) is 9.98 Å². The standard InChI is InChI=1S/C9H4Cl2N2O2/c10-6-1-2-7(8(11)3-6)9(12-4-14)13-5-15/h1-3,9H. The molecule has 6 heteroatoms. The van der Waals surface area contributed by atoms with Crippen LogP contribution in [0.5, 0.6) is 0 Å². The van der Waals surface area contributed by atoms with Crippen LogP contribution < -0.4 is 0 Å². The van der Waals surface area contributed by atoms with Gasteiger partial charge in [0.2, 0.25) is 12.2 Å². The van der Waals surface area contributed by atoms with Crippen LogP contribution in [-0.2, 0) is 9.59 Å². The number of benzene rings is 1. The zero-order chi connectivity index (χ0) is 11.3. The molecular formula is C9H4Cl2N2O2. The van der Waals surface area contributed by atoms with Crippen molar-refractivity contribution in [2.24, 2.45) is 9.98 Å². The Morgan fingerprint density at radius 1 is 1.13 bits per heavy atom. The maximum Gasteiger partial charge on any atom is 0.237 e. The maximum absolute atomic E-state index is 10.1. The van der Waals surface area contributed by atoms with Crippen molar-refractivity contribution in [3.63, 3.8) is 0 Å². The van der Waals surface area contributed by atoms with E-state index in [-0.39, 0.29) is 5.02 Å². The molecule has 15 heavy (non-hydrogen) atoms. The molecule has 0 aliphatic heterocycles. The number of nitrogens with zero attached hydrogens (tertiary/aromatic N) is 2. The van der Waals surface area contributed by atoms with E-state index >= 15 is 0 Å². The van der Waals surface area contributed by atoms with Crippen LogP contribution in [0, 0.1) is 0 Å². The van der Waals surface area contributed by atoms with Gasteiger partial charge < -0.3 is 0 Å². The predicted molar refractivity (Wildman–Crippen MR) is 55.4 cm³/mol. The molecule has 0 unspecified atom stereocenters. The van der Waals surface area contributed by atoms with Gasteiger partial charge in [0, 0.05) is 15.6 Å². The molecule has 1 aromatic rings. The first-order chi connectivity index (χ1) is 7.19. The minimum Gasteiger partial charge on any atom is -0.211 e. The van der Waals surface area contributed by atoms with Crippen LogP contribution in [0.25, 0.3) is 0 Å². The first-order valence-corrected chi connectivity index (χ1v) is 4.53. The largest absolute Gasteiger partial charge is 0.237 e. The van der Waals surface area contributed by atoms with Gasteiger partial charge in [0.25, 0.3) is 0 Å². The van der Waals surface area contributed by atoms with Gasteiger partial charge in [-0.2, -0.15) is 9.98 Å². The summed E-state index contributed by atoms with van der Waals surface area (Å²) in [5.74, 6) is 0. The third-order valence-electron chi connectivity index (χ3n) is 1.59. The summed E-state index contributed by atoms with van der Waals surface area (Å²) in [5, 5.41) is 0.707. The molecule has 4 nitrogen and oxygen atoms in total. The number of isocyanates is 2. The number of carbonyl (C=O) groups excluding carboxylic acids is 2. The molecular weight excluding hydrogens is 239 g/mol. The minimum absolute atomic E-state index is 0.269. The van der Waals surface area contributed by atoms with Crippen LogP contribution in [-0.4, -0.2) is 12.2 Å². The molecule has 0 amide bonds. The SMILES string of the molecule is O=C=NC(N=C=O)c1ccc(Cl)cc1Cl. The minimum atomic E-state index is -1.01. The van der Waals surface area contributed by atoms with Gasteiger partial charge in [-0.05, 0) is 12.1 Å². The van der Waals surface area contributed by atoms with Crippen molar-refractivity contribution in [3.8, 4) is 0 Å². The summed E-state index contributed by atoms with van der Waals surface area (Å²) in [7, 11) is 0. The molecule has 0 N–H and O–H groups in total. The van der Waals surface area contributed by atoms with E-state index in [0.29, 0.717) is 10.6 Å². The molecule has 0 aliphatic carbocycles. The molecule has 1 rings (SSSR count). The molecule has 0 bridgehead atoms. The summed E-state index contributed by atoms with van der Waals surface area (Å²) < 4.78 is 0. The van der Waals surface area contributed by atoms with Gasteiger partial charge >= 0.3 is 0 Å². The molecule has 76 valence electrons. The van der Waals surface area contributed by atoms with Gasteiger partial charge in [-0.1, -0.05) is 29.3 Å². The van der Waals surface area contributed by atoms with Gasteiger partial charge in [-0.15, -0.1) is 0 Å². The van der Waals surface area contributed by atoms with Gasteiger partial charge in [-0.25, -0.2) is 9.59 Å². The quantitative estimate of drug-likeness (QED) is 0.605. The number of aliphatic imine (C=N–C) groups is 2. The maximum atomic E-state index is 10.1. The molecule has 0 aliphatic rings. The average Bonchev–Trinajstić information content (AvgIpc) is 2.17. The summed E-state index contributed by atoms with van der Waals surface area (Å²) >= 11 is 11.5. The molecule has 0 atom stereocenters. The van der Waals surface area contributed by atoms with Gasteiger partial charge in [0.1, 0.15) is 0 Å². The van der Waals surface area contributed by atoms with Crippen molar-refractivity contribution < 1.29 is 9.59 Å². The number of hydrogen-bond acceptors (Lipinski definition) is 4. The van der Waals surface area contributed by atoms with Crippen LogP contribution in [0.15, 0.2) is 28.2 Å². The third kappa shape index (κ3) is 3.01. The van der Waals surface area contributed by atoms with Crippen molar-refractivity contribution in [2.75, 3.05) is 0 Å². The van der Waals surface area contributed by atoms with E-state index in [4.69, 9.17) is 23.2 Å². The van der Waals surface area contributed by atoms with Crippen molar-refractivity contribution in [2.45, 2.75) is 6.17 Å². The highest BCUT2D eigenvalue weighted by molar-refractivity contribution is 6.35. The summed E-state index contributed by atoms with van der Waals surface area (Å²) in [6, 6.07) is 4.54. The summed E-state index contributed by atoms with van der Waals surface area (Å²) in [6.45, 7) is 0. The van der Waals surface area contributed by atoms with Crippen molar-refractivity contribution in [3.05, 3.63) is 33.8 Å². The Morgan fingerprint density at radius 3 is 2.20 bits per heavy atom. The Labute approximate surface area is 95.2 Å². The second-order valence-electron chi connectivity index (χ2n) is 2.48. The third-order valence-corrected chi connectivity index (χ3v) is 2.15. The zero-order valence-corrected chi connectivity index (χ0v) is 8.79. The lowest BCUT2D eigenvalue weighted by Crippen LogP contribution is -1.92. The Bertz CT molecular complexity index is 445. The van der Waals surface area contributed by atoms with Crippen molar-refractivity contribution in [1.29, 1.82) is 0 Å². The van der Waals surface area contributed by atoms with Crippen LogP contribution in [0.3, 0.4) is 0 Å². The topological polar surface area (TPSA) is 58.9 Å². The fourth-order valence-electron chi connectivity index (χ4n) is 0.979. The van der Waals surface area contributed by atoms with Crippen LogP contribution in [0.4, 0.5) is 0 Å². The lowest BCUT2D eigenvalue weighted by Gasteiger charge is -2.06. The Morgan fingerprint density at radius 2 is 1.73 bits per heavy atom. The number of halogens is 2. The van der Waals surface area contributed by atoms with Crippen LogP contribution >= 0.6 is 23.2 Å².